The van der Waals surface area contributed by atoms with Gasteiger partial charge in [-0.2, -0.15) is 0 Å². The normalized spacial score (nSPS) is 17.4. The molecule has 1 aliphatic carbocycles. The summed E-state index contributed by atoms with van der Waals surface area (Å²) in [5, 5.41) is 1.63. The van der Waals surface area contributed by atoms with E-state index >= 15 is 0 Å². The molecule has 4 aromatic rings. The smallest absolute Gasteiger partial charge is 0.149 e. The van der Waals surface area contributed by atoms with Crippen molar-refractivity contribution >= 4 is 23.9 Å². The molecule has 6 nitrogen and oxygen atoms in total. The molecule has 2 aliphatic rings. The van der Waals surface area contributed by atoms with E-state index in [2.05, 4.69) is 83.7 Å². The van der Waals surface area contributed by atoms with E-state index in [1.807, 2.05) is 24.3 Å². The summed E-state index contributed by atoms with van der Waals surface area (Å²) < 4.78 is 13.4. The van der Waals surface area contributed by atoms with Gasteiger partial charge < -0.3 is 20.1 Å². The number of rotatable bonds is 7. The number of imidazole rings is 1. The van der Waals surface area contributed by atoms with Gasteiger partial charge in [-0.15, -0.1) is 0 Å². The van der Waals surface area contributed by atoms with Crippen LogP contribution in [0.25, 0.3) is 35.3 Å². The number of hydrogen-bond donors (Lipinski definition) is 1. The molecule has 0 unspecified atom stereocenters. The molecule has 2 N–H and O–H groups in total. The molecule has 0 radical (unpaired) electrons. The molecule has 1 saturated heterocycles. The third-order valence-corrected chi connectivity index (χ3v) is 8.47. The van der Waals surface area contributed by atoms with Crippen molar-refractivity contribution in [3.8, 4) is 22.8 Å². The molecule has 3 aromatic carbocycles. The number of morpholine rings is 1. The highest BCUT2D eigenvalue weighted by molar-refractivity contribution is 5.73. The number of allylic oxidation sites excluding steroid dienone is 2. The number of aromatic nitrogens is 2. The number of hydrogen-bond acceptors (Lipinski definition) is 5. The van der Waals surface area contributed by atoms with Crippen molar-refractivity contribution in [3.63, 3.8) is 0 Å². The van der Waals surface area contributed by atoms with Gasteiger partial charge in [0, 0.05) is 30.0 Å². The average molecular weight is 547 g/mol. The minimum Gasteiger partial charge on any atom is -0.496 e. The molecule has 41 heavy (non-hydrogen) atoms. The molecule has 6 rings (SSSR count). The van der Waals surface area contributed by atoms with E-state index in [0.717, 1.165) is 78.2 Å². The molecule has 0 atom stereocenters. The van der Waals surface area contributed by atoms with Crippen molar-refractivity contribution in [1.29, 1.82) is 0 Å². The van der Waals surface area contributed by atoms with E-state index in [9.17, 15) is 0 Å². The van der Waals surface area contributed by atoms with Crippen molar-refractivity contribution in [2.75, 3.05) is 38.3 Å². The molecule has 0 amide bonds. The summed E-state index contributed by atoms with van der Waals surface area (Å²) in [7, 11) is 1.69. The van der Waals surface area contributed by atoms with Crippen LogP contribution in [0, 0.1) is 0 Å². The van der Waals surface area contributed by atoms with Crippen LogP contribution in [0.15, 0.2) is 78.9 Å². The minimum absolute atomic E-state index is 0.202. The fourth-order valence-electron chi connectivity index (χ4n) is 5.75. The topological polar surface area (TPSA) is 65.5 Å². The summed E-state index contributed by atoms with van der Waals surface area (Å²) >= 11 is 0. The van der Waals surface area contributed by atoms with Gasteiger partial charge >= 0.3 is 0 Å². The maximum absolute atomic E-state index is 6.61. The molecular weight excluding hydrogens is 508 g/mol. The first-order chi connectivity index (χ1) is 20.0. The Hall–Kier alpha value is -4.13. The predicted molar refractivity (Wildman–Crippen MR) is 168 cm³/mol. The molecule has 1 saturated carbocycles. The van der Waals surface area contributed by atoms with Crippen molar-refractivity contribution in [2.45, 2.75) is 31.7 Å². The summed E-state index contributed by atoms with van der Waals surface area (Å²) in [5.74, 6) is 1.56. The fraction of sp³-hybridized carbons (Fsp3) is 0.286. The quantitative estimate of drug-likeness (QED) is 0.353. The van der Waals surface area contributed by atoms with Crippen molar-refractivity contribution in [2.24, 2.45) is 5.73 Å². The van der Waals surface area contributed by atoms with E-state index in [1.54, 1.807) is 7.11 Å². The number of nitrogens with two attached hydrogens (primary N) is 1. The second-order valence-electron chi connectivity index (χ2n) is 11.0. The van der Waals surface area contributed by atoms with Crippen LogP contribution >= 0.6 is 0 Å². The monoisotopic (exact) mass is 546 g/mol. The van der Waals surface area contributed by atoms with Crippen LogP contribution in [-0.4, -0.2) is 43.0 Å². The summed E-state index contributed by atoms with van der Waals surface area (Å²) in [6, 6.07) is 25.2. The third kappa shape index (κ3) is 5.33. The van der Waals surface area contributed by atoms with E-state index < -0.39 is 0 Å². The Kier molecular flexibility index (Phi) is 7.52. The maximum Gasteiger partial charge on any atom is 0.149 e. The van der Waals surface area contributed by atoms with Gasteiger partial charge in [-0.25, -0.2) is 4.98 Å². The third-order valence-electron chi connectivity index (χ3n) is 8.47. The molecule has 0 bridgehead atoms. The van der Waals surface area contributed by atoms with Gasteiger partial charge in [-0.3, -0.25) is 4.57 Å². The Morgan fingerprint density at radius 2 is 1.76 bits per heavy atom. The molecule has 210 valence electrons. The first-order valence-electron chi connectivity index (χ1n) is 14.4. The largest absolute Gasteiger partial charge is 0.496 e. The molecule has 1 aromatic heterocycles. The minimum atomic E-state index is -0.202. The Bertz CT molecular complexity index is 1680. The Morgan fingerprint density at radius 3 is 2.46 bits per heavy atom. The lowest BCUT2D eigenvalue weighted by Crippen LogP contribution is -2.43. The first kappa shape index (κ1) is 27.1. The lowest BCUT2D eigenvalue weighted by Gasteiger charge is -2.38. The molecule has 2 fully saturated rings. The van der Waals surface area contributed by atoms with Crippen LogP contribution in [0.3, 0.4) is 0 Å². The highest BCUT2D eigenvalue weighted by Crippen LogP contribution is 2.39. The average Bonchev–Trinajstić information content (AvgIpc) is 3.34. The van der Waals surface area contributed by atoms with E-state index in [4.69, 9.17) is 20.2 Å². The van der Waals surface area contributed by atoms with Gasteiger partial charge in [0.05, 0.1) is 36.6 Å². The van der Waals surface area contributed by atoms with Crippen LogP contribution in [0.2, 0.25) is 0 Å². The first-order valence-corrected chi connectivity index (χ1v) is 14.4. The summed E-state index contributed by atoms with van der Waals surface area (Å²) in [5.41, 5.74) is 13.1. The summed E-state index contributed by atoms with van der Waals surface area (Å²) in [6.45, 7) is 9.99. The Morgan fingerprint density at radius 1 is 1.00 bits per heavy atom. The van der Waals surface area contributed by atoms with Crippen LogP contribution in [0.1, 0.15) is 37.3 Å². The van der Waals surface area contributed by atoms with Gasteiger partial charge in [-0.05, 0) is 85.4 Å². The number of anilines is 1. The zero-order valence-corrected chi connectivity index (χ0v) is 24.0. The number of benzene rings is 3. The summed E-state index contributed by atoms with van der Waals surface area (Å²) in [6.07, 6.45) is 7.44. The van der Waals surface area contributed by atoms with Crippen LogP contribution in [-0.2, 0) is 10.3 Å². The van der Waals surface area contributed by atoms with E-state index in [1.165, 1.54) is 23.2 Å². The number of methoxy groups -OCH3 is 1. The van der Waals surface area contributed by atoms with E-state index in [-0.39, 0.29) is 5.54 Å². The number of para-hydroxylation sites is 1. The predicted octanol–water partition coefficient (Wildman–Crippen LogP) is 5.02. The van der Waals surface area contributed by atoms with Gasteiger partial charge in [-0.1, -0.05) is 49.1 Å². The summed E-state index contributed by atoms with van der Waals surface area (Å²) in [4.78, 5) is 7.47. The highest BCUT2D eigenvalue weighted by Gasteiger charge is 2.34. The standard InChI is InChI=1S/C35H38N4O2/c1-25(27-8-6-9-30(24-27)38-20-22-41-23-21-38)12-17-32-26(2)39(34(37-32)31-10-4-5-11-33(31)40-3)29-15-13-28(14-16-29)35(36)18-7-19-35/h4-6,8-17,24H,2,7,18-23,36H2,1,3H3/b25-12+,32-17+. The molecule has 2 heterocycles. The zero-order valence-electron chi connectivity index (χ0n) is 24.0. The van der Waals surface area contributed by atoms with Gasteiger partial charge in [0.2, 0.25) is 0 Å². The van der Waals surface area contributed by atoms with Crippen molar-refractivity contribution in [3.05, 3.63) is 101 Å². The van der Waals surface area contributed by atoms with E-state index in [0.29, 0.717) is 0 Å². The van der Waals surface area contributed by atoms with Crippen LogP contribution < -0.4 is 26.1 Å². The lowest BCUT2D eigenvalue weighted by molar-refractivity contribution is 0.122. The van der Waals surface area contributed by atoms with Crippen LogP contribution in [0.5, 0.6) is 5.75 Å². The molecule has 1 aliphatic heterocycles. The molecule has 0 spiro atoms. The molecule has 6 heteroatoms. The zero-order chi connectivity index (χ0) is 28.4. The Labute approximate surface area is 242 Å². The Balaban J connectivity index is 1.41. The molecular formula is C35H38N4O2. The second kappa shape index (κ2) is 11.4. The van der Waals surface area contributed by atoms with Gasteiger partial charge in [0.25, 0.3) is 0 Å². The fourth-order valence-corrected chi connectivity index (χ4v) is 5.75. The number of ether oxygens (including phenoxy) is 2. The van der Waals surface area contributed by atoms with Gasteiger partial charge in [0.1, 0.15) is 11.6 Å². The number of nitrogens with zero attached hydrogens (tertiary/aromatic N) is 3. The maximum atomic E-state index is 6.61. The SMILES string of the molecule is C=c1/c(=C\C=C(/C)c2cccc(N3CCOCC3)c2)nc(-c2ccccc2OC)n1-c1ccc(C2(N)CCC2)cc1. The highest BCUT2D eigenvalue weighted by atomic mass is 16.5. The second-order valence-corrected chi connectivity index (χ2v) is 11.0. The van der Waals surface area contributed by atoms with Gasteiger partial charge in [0.15, 0.2) is 0 Å². The van der Waals surface area contributed by atoms with Crippen molar-refractivity contribution in [1.82, 2.24) is 9.55 Å². The van der Waals surface area contributed by atoms with Crippen LogP contribution in [0.4, 0.5) is 5.69 Å². The lowest BCUT2D eigenvalue weighted by atomic mass is 9.73. The van der Waals surface area contributed by atoms with Crippen molar-refractivity contribution < 1.29 is 9.47 Å².